The van der Waals surface area contributed by atoms with Gasteiger partial charge < -0.3 is 19.9 Å². The molecule has 7 rings (SSSR count). The molecule has 2 bridgehead atoms. The second kappa shape index (κ2) is 4.68. The molecular weight excluding hydrogens is 364 g/mol. The van der Waals surface area contributed by atoms with E-state index in [0.29, 0.717) is 22.6 Å². The van der Waals surface area contributed by atoms with Gasteiger partial charge in [0.25, 0.3) is 0 Å². The molecule has 5 heteroatoms. The first kappa shape index (κ1) is 17.2. The van der Waals surface area contributed by atoms with Gasteiger partial charge in [0.15, 0.2) is 6.29 Å². The van der Waals surface area contributed by atoms with Crippen LogP contribution in [0.1, 0.15) is 44.4 Å². The summed E-state index contributed by atoms with van der Waals surface area (Å²) >= 11 is 0. The lowest BCUT2D eigenvalue weighted by Gasteiger charge is -2.57. The van der Waals surface area contributed by atoms with Crippen LogP contribution in [0.2, 0.25) is 0 Å². The first-order valence-corrected chi connectivity index (χ1v) is 11.2. The summed E-state index contributed by atoms with van der Waals surface area (Å²) in [4.78, 5) is 6.41. The summed E-state index contributed by atoms with van der Waals surface area (Å²) in [6, 6.07) is 5.89. The molecular formula is C24H30N2O3. The Balaban J connectivity index is 1.53. The molecule has 3 heterocycles. The maximum absolute atomic E-state index is 11.4. The Hall–Kier alpha value is -1.56. The number of hydrogen-bond donors (Lipinski definition) is 3. The number of ether oxygens (including phenoxy) is 1. The van der Waals surface area contributed by atoms with E-state index in [9.17, 15) is 10.2 Å². The molecule has 1 aromatic heterocycles. The van der Waals surface area contributed by atoms with Crippen molar-refractivity contribution >= 4 is 10.9 Å². The molecule has 154 valence electrons. The molecule has 2 aromatic rings. The van der Waals surface area contributed by atoms with Gasteiger partial charge in [-0.25, -0.2) is 0 Å². The van der Waals surface area contributed by atoms with Gasteiger partial charge in [0.05, 0.1) is 5.41 Å². The monoisotopic (exact) mass is 394 g/mol. The second-order valence-corrected chi connectivity index (χ2v) is 10.8. The lowest BCUT2D eigenvalue weighted by molar-refractivity contribution is -0.152. The number of nitrogens with zero attached hydrogens (tertiary/aromatic N) is 1. The topological polar surface area (TPSA) is 68.7 Å². The van der Waals surface area contributed by atoms with Crippen molar-refractivity contribution in [2.45, 2.75) is 57.3 Å². The van der Waals surface area contributed by atoms with Gasteiger partial charge in [0.1, 0.15) is 5.75 Å². The number of aliphatic hydroxyl groups excluding tert-OH is 1. The number of aromatic hydroxyl groups is 1. The molecule has 3 N–H and O–H groups in total. The number of fused-ring (bicyclic) bond motifs is 5. The van der Waals surface area contributed by atoms with Crippen LogP contribution < -0.4 is 0 Å². The number of hydrogen-bond acceptors (Lipinski definition) is 4. The molecule has 5 unspecified atom stereocenters. The number of H-pyrrole nitrogens is 1. The molecule has 0 amide bonds. The van der Waals surface area contributed by atoms with Gasteiger partial charge in [-0.3, -0.25) is 4.90 Å². The molecule has 2 aliphatic heterocycles. The van der Waals surface area contributed by atoms with Gasteiger partial charge in [-0.2, -0.15) is 0 Å². The van der Waals surface area contributed by atoms with Gasteiger partial charge >= 0.3 is 0 Å². The van der Waals surface area contributed by atoms with E-state index < -0.39 is 11.7 Å². The summed E-state index contributed by atoms with van der Waals surface area (Å²) in [6.45, 7) is 7.09. The fourth-order valence-corrected chi connectivity index (χ4v) is 9.74. The molecule has 7 atom stereocenters. The minimum atomic E-state index is -0.832. The quantitative estimate of drug-likeness (QED) is 0.700. The maximum Gasteiger partial charge on any atom is 0.166 e. The third-order valence-corrected chi connectivity index (χ3v) is 10.6. The highest BCUT2D eigenvalue weighted by Gasteiger charge is 2.96. The molecule has 3 saturated carbocycles. The van der Waals surface area contributed by atoms with Gasteiger partial charge in [0, 0.05) is 42.8 Å². The minimum absolute atomic E-state index is 0.236. The SMILES string of the molecule is CCC12C[C@H]1[C@@]13CN4CCc5c([nH]c6ccc(O)cc56)C(C(O)OC)(C1)C4C23C. The number of rotatable bonds is 3. The number of aromatic nitrogens is 1. The van der Waals surface area contributed by atoms with E-state index in [1.807, 2.05) is 12.1 Å². The van der Waals surface area contributed by atoms with Gasteiger partial charge in [-0.15, -0.1) is 0 Å². The van der Waals surface area contributed by atoms with E-state index in [1.54, 1.807) is 13.2 Å². The van der Waals surface area contributed by atoms with E-state index >= 15 is 0 Å². The number of benzene rings is 1. The van der Waals surface area contributed by atoms with E-state index in [0.717, 1.165) is 36.2 Å². The molecule has 29 heavy (non-hydrogen) atoms. The second-order valence-electron chi connectivity index (χ2n) is 10.8. The summed E-state index contributed by atoms with van der Waals surface area (Å²) in [7, 11) is 1.65. The van der Waals surface area contributed by atoms with Gasteiger partial charge in [-0.05, 0) is 71.6 Å². The number of aromatic amines is 1. The summed E-state index contributed by atoms with van der Waals surface area (Å²) in [5.41, 5.74) is 4.04. The third-order valence-electron chi connectivity index (χ3n) is 10.6. The summed E-state index contributed by atoms with van der Waals surface area (Å²) < 4.78 is 5.74. The Bertz CT molecular complexity index is 1080. The van der Waals surface area contributed by atoms with Crippen LogP contribution in [0.15, 0.2) is 18.2 Å². The van der Waals surface area contributed by atoms with Crippen LogP contribution in [-0.4, -0.2) is 52.6 Å². The van der Waals surface area contributed by atoms with Crippen molar-refractivity contribution < 1.29 is 14.9 Å². The molecule has 0 spiro atoms. The zero-order valence-electron chi connectivity index (χ0n) is 17.5. The fourth-order valence-electron chi connectivity index (χ4n) is 9.74. The van der Waals surface area contributed by atoms with Crippen molar-refractivity contribution in [3.63, 3.8) is 0 Å². The number of aliphatic hydroxyl groups is 1. The molecule has 5 nitrogen and oxygen atoms in total. The predicted molar refractivity (Wildman–Crippen MR) is 110 cm³/mol. The van der Waals surface area contributed by atoms with Gasteiger partial charge in [0.2, 0.25) is 0 Å². The Morgan fingerprint density at radius 2 is 2.21 bits per heavy atom. The van der Waals surface area contributed by atoms with Crippen LogP contribution in [-0.2, 0) is 16.6 Å². The number of phenols is 1. The molecule has 1 saturated heterocycles. The first-order chi connectivity index (χ1) is 13.9. The molecule has 0 radical (unpaired) electrons. The highest BCUT2D eigenvalue weighted by atomic mass is 16.6. The number of piperidine rings is 1. The van der Waals surface area contributed by atoms with Crippen molar-refractivity contribution in [3.05, 3.63) is 29.5 Å². The smallest absolute Gasteiger partial charge is 0.166 e. The Labute approximate surface area is 171 Å². The molecule has 5 aliphatic rings. The van der Waals surface area contributed by atoms with E-state index in [-0.39, 0.29) is 5.41 Å². The molecule has 4 fully saturated rings. The number of nitrogens with one attached hydrogen (secondary N) is 1. The lowest BCUT2D eigenvalue weighted by atomic mass is 9.46. The number of phenolic OH excluding ortho intramolecular Hbond substituents is 1. The fraction of sp³-hybridized carbons (Fsp3) is 0.667. The van der Waals surface area contributed by atoms with Crippen molar-refractivity contribution in [2.75, 3.05) is 20.2 Å². The minimum Gasteiger partial charge on any atom is -0.508 e. The van der Waals surface area contributed by atoms with Crippen molar-refractivity contribution in [1.29, 1.82) is 0 Å². The van der Waals surface area contributed by atoms with E-state index in [4.69, 9.17) is 4.74 Å². The average molecular weight is 395 g/mol. The molecule has 1 aromatic carbocycles. The van der Waals surface area contributed by atoms with Gasteiger partial charge in [-0.1, -0.05) is 13.8 Å². The van der Waals surface area contributed by atoms with Crippen molar-refractivity contribution in [3.8, 4) is 5.75 Å². The van der Waals surface area contributed by atoms with E-state index in [1.165, 1.54) is 30.6 Å². The highest BCUT2D eigenvalue weighted by Crippen LogP contribution is 2.96. The van der Waals surface area contributed by atoms with E-state index in [2.05, 4.69) is 23.7 Å². The maximum atomic E-state index is 11.4. The van der Waals surface area contributed by atoms with Crippen LogP contribution >= 0.6 is 0 Å². The zero-order valence-corrected chi connectivity index (χ0v) is 17.5. The summed E-state index contributed by atoms with van der Waals surface area (Å²) in [6.07, 6.45) is 3.74. The lowest BCUT2D eigenvalue weighted by Crippen LogP contribution is -2.59. The largest absolute Gasteiger partial charge is 0.508 e. The Kier molecular flexibility index (Phi) is 2.77. The first-order valence-electron chi connectivity index (χ1n) is 11.2. The average Bonchev–Trinajstić information content (AvgIpc) is 3.23. The standard InChI is InChI=1S/C24H30N2O3/c1-4-22-10-17(22)23-11-24(20(28)29-3)18-14(15-9-13(27)5-6-16(15)25-18)7-8-26(12-23)19(24)21(22,23)2/h5-6,9,17,19-20,25,27-28H,4,7-8,10-12H2,1-3H3/t17-,19?,20?,21?,22?,23+,24?/m1/s1. The van der Waals surface area contributed by atoms with Crippen molar-refractivity contribution in [2.24, 2.45) is 22.2 Å². The summed E-state index contributed by atoms with van der Waals surface area (Å²) in [5, 5.41) is 22.7. The van der Waals surface area contributed by atoms with Crippen LogP contribution in [0.5, 0.6) is 5.75 Å². The van der Waals surface area contributed by atoms with Crippen LogP contribution in [0, 0.1) is 22.2 Å². The van der Waals surface area contributed by atoms with Crippen LogP contribution in [0.25, 0.3) is 10.9 Å². The summed E-state index contributed by atoms with van der Waals surface area (Å²) in [5.74, 6) is 1.10. The Morgan fingerprint density at radius 3 is 2.97 bits per heavy atom. The number of methoxy groups -OCH3 is 1. The third kappa shape index (κ3) is 1.42. The normalized spacial score (nSPS) is 47.3. The molecule has 3 aliphatic carbocycles. The van der Waals surface area contributed by atoms with Crippen molar-refractivity contribution in [1.82, 2.24) is 9.88 Å². The Morgan fingerprint density at radius 1 is 1.38 bits per heavy atom. The van der Waals surface area contributed by atoms with Crippen LogP contribution in [0.4, 0.5) is 0 Å². The zero-order chi connectivity index (χ0) is 20.0. The van der Waals surface area contributed by atoms with Crippen LogP contribution in [0.3, 0.4) is 0 Å². The highest BCUT2D eigenvalue weighted by molar-refractivity contribution is 5.87. The predicted octanol–water partition coefficient (Wildman–Crippen LogP) is 3.14.